The molecule has 0 fully saturated rings. The van der Waals surface area contributed by atoms with Crippen LogP contribution in [0.5, 0.6) is 17.4 Å². The summed E-state index contributed by atoms with van der Waals surface area (Å²) in [6.07, 6.45) is 3.83. The molecular weight excluding hydrogens is 420 g/mol. The summed E-state index contributed by atoms with van der Waals surface area (Å²) in [5, 5.41) is 2.83. The molecule has 0 saturated carbocycles. The molecule has 0 aliphatic rings. The molecule has 0 radical (unpaired) electrons. The summed E-state index contributed by atoms with van der Waals surface area (Å²) in [6.45, 7) is 0.463. The van der Waals surface area contributed by atoms with E-state index >= 15 is 0 Å². The van der Waals surface area contributed by atoms with Crippen LogP contribution in [0.25, 0.3) is 11.3 Å². The van der Waals surface area contributed by atoms with Crippen molar-refractivity contribution in [2.24, 2.45) is 0 Å². The molecule has 8 nitrogen and oxygen atoms in total. The highest BCUT2D eigenvalue weighted by molar-refractivity contribution is 6.01. The predicted octanol–water partition coefficient (Wildman–Crippen LogP) is 4.36. The van der Waals surface area contributed by atoms with Gasteiger partial charge >= 0.3 is 0 Å². The average Bonchev–Trinajstić information content (AvgIpc) is 3.40. The van der Waals surface area contributed by atoms with Crippen molar-refractivity contribution >= 4 is 11.6 Å². The fourth-order valence-electron chi connectivity index (χ4n) is 3.30. The molecule has 8 heteroatoms. The number of nitrogens with zero attached hydrogens (tertiary/aromatic N) is 2. The highest BCUT2D eigenvalue weighted by atomic mass is 16.5. The zero-order chi connectivity index (χ0) is 23.0. The number of methoxy groups -OCH3 is 2. The van der Waals surface area contributed by atoms with E-state index in [1.54, 1.807) is 20.4 Å². The second-order valence-corrected chi connectivity index (χ2v) is 7.12. The smallest absolute Gasteiger partial charge is 0.291 e. The molecule has 2 N–H and O–H groups in total. The minimum absolute atomic E-state index is 0.253. The molecule has 4 rings (SSSR count). The Labute approximate surface area is 191 Å². The second kappa shape index (κ2) is 10.3. The summed E-state index contributed by atoms with van der Waals surface area (Å²) < 4.78 is 16.5. The number of nitrogens with one attached hydrogen (secondary N) is 2. The van der Waals surface area contributed by atoms with E-state index in [4.69, 9.17) is 14.2 Å². The summed E-state index contributed by atoms with van der Waals surface area (Å²) in [5.41, 5.74) is 3.32. The molecule has 4 aromatic rings. The van der Waals surface area contributed by atoms with Crippen molar-refractivity contribution in [3.8, 4) is 28.6 Å². The maximum Gasteiger partial charge on any atom is 0.291 e. The van der Waals surface area contributed by atoms with Gasteiger partial charge in [-0.1, -0.05) is 24.3 Å². The number of pyridine rings is 1. The van der Waals surface area contributed by atoms with E-state index < -0.39 is 0 Å². The van der Waals surface area contributed by atoms with Crippen molar-refractivity contribution in [1.82, 2.24) is 15.0 Å². The first-order valence-corrected chi connectivity index (χ1v) is 10.4. The van der Waals surface area contributed by atoms with Crippen LogP contribution in [0.2, 0.25) is 0 Å². The molecule has 0 aliphatic carbocycles. The van der Waals surface area contributed by atoms with Crippen molar-refractivity contribution < 1.29 is 19.0 Å². The van der Waals surface area contributed by atoms with Crippen molar-refractivity contribution in [1.29, 1.82) is 0 Å². The quantitative estimate of drug-likeness (QED) is 0.398. The van der Waals surface area contributed by atoms with Crippen LogP contribution >= 0.6 is 0 Å². The van der Waals surface area contributed by atoms with Gasteiger partial charge in [0, 0.05) is 36.1 Å². The Morgan fingerprint density at radius 2 is 1.85 bits per heavy atom. The number of ether oxygens (including phenoxy) is 3. The Bertz CT molecular complexity index is 1220. The van der Waals surface area contributed by atoms with E-state index in [1.807, 2.05) is 60.7 Å². The minimum Gasteiger partial charge on any atom is -0.493 e. The number of hydrogen-bond acceptors (Lipinski definition) is 6. The van der Waals surface area contributed by atoms with E-state index in [0.717, 1.165) is 16.8 Å². The Balaban J connectivity index is 1.40. The number of hydrogen-bond donors (Lipinski definition) is 2. The molecule has 0 saturated heterocycles. The summed E-state index contributed by atoms with van der Waals surface area (Å²) in [7, 11) is 3.23. The van der Waals surface area contributed by atoms with Crippen LogP contribution in [-0.2, 0) is 6.42 Å². The highest BCUT2D eigenvalue weighted by Crippen LogP contribution is 2.28. The number of H-pyrrole nitrogens is 1. The molecule has 1 amide bonds. The molecule has 33 heavy (non-hydrogen) atoms. The van der Waals surface area contributed by atoms with Gasteiger partial charge in [0.05, 0.1) is 26.5 Å². The van der Waals surface area contributed by atoms with Crippen LogP contribution in [0.4, 0.5) is 5.69 Å². The molecule has 168 valence electrons. The summed E-state index contributed by atoms with van der Waals surface area (Å²) >= 11 is 0. The van der Waals surface area contributed by atoms with Crippen LogP contribution in [0, 0.1) is 0 Å². The zero-order valence-corrected chi connectivity index (χ0v) is 18.4. The van der Waals surface area contributed by atoms with E-state index in [0.29, 0.717) is 36.1 Å². The number of imidazole rings is 1. The number of benzene rings is 2. The van der Waals surface area contributed by atoms with Gasteiger partial charge in [-0.2, -0.15) is 0 Å². The van der Waals surface area contributed by atoms with Gasteiger partial charge in [-0.3, -0.25) is 4.79 Å². The largest absolute Gasteiger partial charge is 0.493 e. The van der Waals surface area contributed by atoms with Crippen LogP contribution in [-0.4, -0.2) is 41.7 Å². The molecule has 0 unspecified atom stereocenters. The van der Waals surface area contributed by atoms with Crippen LogP contribution in [0.3, 0.4) is 0 Å². The molecule has 0 aliphatic heterocycles. The first-order valence-electron chi connectivity index (χ1n) is 10.4. The number of amides is 1. The standard InChI is InChI=1S/C25H24N4O4/c1-31-21-10-9-17(15-22(21)32-2)11-14-33-23-8-4-7-20(29-23)18-5-3-6-19(16-18)28-25(30)24-26-12-13-27-24/h3-10,12-13,15-16H,11,14H2,1-2H3,(H,26,27)(H,28,30). The zero-order valence-electron chi connectivity index (χ0n) is 18.4. The number of carbonyl (C=O) groups excluding carboxylic acids is 1. The molecule has 0 bridgehead atoms. The fraction of sp³-hybridized carbons (Fsp3) is 0.160. The van der Waals surface area contributed by atoms with Gasteiger partial charge in [0.2, 0.25) is 5.88 Å². The maximum atomic E-state index is 12.2. The Hall–Kier alpha value is -4.33. The number of aromatic amines is 1. The lowest BCUT2D eigenvalue weighted by atomic mass is 10.1. The lowest BCUT2D eigenvalue weighted by Gasteiger charge is -2.11. The summed E-state index contributed by atoms with van der Waals surface area (Å²) in [6, 6.07) is 18.9. The van der Waals surface area contributed by atoms with Crippen molar-refractivity contribution in [2.75, 3.05) is 26.1 Å². The van der Waals surface area contributed by atoms with Crippen molar-refractivity contribution in [2.45, 2.75) is 6.42 Å². The van der Waals surface area contributed by atoms with Gasteiger partial charge in [0.25, 0.3) is 5.91 Å². The lowest BCUT2D eigenvalue weighted by Crippen LogP contribution is -2.13. The Morgan fingerprint density at radius 3 is 2.64 bits per heavy atom. The van der Waals surface area contributed by atoms with Gasteiger partial charge in [-0.25, -0.2) is 9.97 Å². The lowest BCUT2D eigenvalue weighted by molar-refractivity contribution is 0.101. The SMILES string of the molecule is COc1ccc(CCOc2cccc(-c3cccc(NC(=O)c4ncc[nH]4)c3)n2)cc1OC. The second-order valence-electron chi connectivity index (χ2n) is 7.12. The molecule has 2 aromatic heterocycles. The summed E-state index contributed by atoms with van der Waals surface area (Å²) in [5.74, 6) is 1.85. The number of carbonyl (C=O) groups is 1. The molecular formula is C25H24N4O4. The Morgan fingerprint density at radius 1 is 1.00 bits per heavy atom. The van der Waals surface area contributed by atoms with Crippen LogP contribution in [0.15, 0.2) is 73.1 Å². The molecule has 0 atom stereocenters. The predicted molar refractivity (Wildman–Crippen MR) is 125 cm³/mol. The number of anilines is 1. The highest BCUT2D eigenvalue weighted by Gasteiger charge is 2.10. The summed E-state index contributed by atoms with van der Waals surface area (Å²) in [4.78, 5) is 23.6. The van der Waals surface area contributed by atoms with Gasteiger partial charge in [-0.15, -0.1) is 0 Å². The van der Waals surface area contributed by atoms with Crippen molar-refractivity contribution in [3.63, 3.8) is 0 Å². The van der Waals surface area contributed by atoms with Gasteiger partial charge in [0.15, 0.2) is 17.3 Å². The average molecular weight is 444 g/mol. The number of rotatable bonds is 9. The molecule has 2 aromatic carbocycles. The third kappa shape index (κ3) is 5.48. The fourth-order valence-corrected chi connectivity index (χ4v) is 3.30. The Kier molecular flexibility index (Phi) is 6.84. The third-order valence-corrected chi connectivity index (χ3v) is 4.94. The first kappa shape index (κ1) is 21.9. The monoisotopic (exact) mass is 444 g/mol. The van der Waals surface area contributed by atoms with E-state index in [2.05, 4.69) is 20.3 Å². The van der Waals surface area contributed by atoms with E-state index in [-0.39, 0.29) is 11.7 Å². The van der Waals surface area contributed by atoms with Gasteiger partial charge in [-0.05, 0) is 35.9 Å². The van der Waals surface area contributed by atoms with E-state index in [1.165, 1.54) is 6.20 Å². The topological polar surface area (TPSA) is 98.4 Å². The third-order valence-electron chi connectivity index (χ3n) is 4.94. The van der Waals surface area contributed by atoms with Crippen LogP contribution in [0.1, 0.15) is 16.2 Å². The van der Waals surface area contributed by atoms with Gasteiger partial charge in [0.1, 0.15) is 0 Å². The normalized spacial score (nSPS) is 10.5. The first-order chi connectivity index (χ1) is 16.2. The van der Waals surface area contributed by atoms with Crippen LogP contribution < -0.4 is 19.5 Å². The minimum atomic E-state index is -0.308. The molecule has 2 heterocycles. The maximum absolute atomic E-state index is 12.2. The van der Waals surface area contributed by atoms with Gasteiger partial charge < -0.3 is 24.5 Å². The molecule has 0 spiro atoms. The van der Waals surface area contributed by atoms with Crippen molar-refractivity contribution in [3.05, 3.63) is 84.4 Å². The van der Waals surface area contributed by atoms with E-state index in [9.17, 15) is 4.79 Å². The number of aromatic nitrogens is 3.